The van der Waals surface area contributed by atoms with Gasteiger partial charge in [-0.3, -0.25) is 0 Å². The first kappa shape index (κ1) is 10.8. The number of anilines is 1. The lowest BCUT2D eigenvalue weighted by molar-refractivity contribution is 0.0697. The Balaban J connectivity index is 0.000000671. The Bertz CT molecular complexity index is 338. The third-order valence-electron chi connectivity index (χ3n) is 1.25. The minimum atomic E-state index is -1.22. The number of halogens is 1. The number of nitrogens with zero attached hydrogens (tertiary/aromatic N) is 2. The fourth-order valence-electron chi connectivity index (χ4n) is 0.714. The van der Waals surface area contributed by atoms with Crippen LogP contribution in [0, 0.1) is 16.6 Å². The van der Waals surface area contributed by atoms with Crippen molar-refractivity contribution < 1.29 is 14.3 Å². The lowest BCUT2D eigenvalue weighted by Gasteiger charge is -1.98. The molecule has 0 saturated heterocycles. The summed E-state index contributed by atoms with van der Waals surface area (Å²) in [5.41, 5.74) is 5.11. The van der Waals surface area contributed by atoms with E-state index in [-0.39, 0.29) is 11.3 Å². The second kappa shape index (κ2) is 4.66. The molecule has 0 aromatic heterocycles. The molecule has 3 N–H and O–H groups in total. The number of nitrogen functional groups attached to an aromatic ring is 1. The van der Waals surface area contributed by atoms with Gasteiger partial charge in [0.05, 0.1) is 5.56 Å². The maximum absolute atomic E-state index is 12.4. The van der Waals surface area contributed by atoms with E-state index >= 15 is 0 Å². The Hall–Kier alpha value is -2.16. The molecule has 13 heavy (non-hydrogen) atoms. The molecule has 0 aliphatic heterocycles. The molecule has 1 aromatic rings. The molecule has 0 aliphatic rings. The van der Waals surface area contributed by atoms with Crippen LogP contribution in [0.25, 0.3) is 0 Å². The highest BCUT2D eigenvalue weighted by atomic mass is 19.1. The summed E-state index contributed by atoms with van der Waals surface area (Å²) in [6, 6.07) is 3.22. The highest BCUT2D eigenvalue weighted by Crippen LogP contribution is 2.12. The zero-order chi connectivity index (χ0) is 10.4. The molecule has 0 heterocycles. The summed E-state index contributed by atoms with van der Waals surface area (Å²) in [6.45, 7) is 0. The molecule has 0 amide bonds. The molecule has 0 spiro atoms. The fourth-order valence-corrected chi connectivity index (χ4v) is 0.714. The molecule has 0 unspecified atom stereocenters. The number of rotatable bonds is 1. The molecule has 0 aliphatic carbocycles. The van der Waals surface area contributed by atoms with Gasteiger partial charge in [-0.1, -0.05) is 0 Å². The smallest absolute Gasteiger partial charge is 0.337 e. The van der Waals surface area contributed by atoms with Crippen LogP contribution in [0.1, 0.15) is 10.4 Å². The SMILES string of the molecule is N#N.Nc1ccc(F)cc1C(=O)O. The maximum atomic E-state index is 12.4. The van der Waals surface area contributed by atoms with E-state index in [4.69, 9.17) is 21.6 Å². The van der Waals surface area contributed by atoms with Crippen LogP contribution < -0.4 is 5.73 Å². The van der Waals surface area contributed by atoms with Crippen LogP contribution in [0.5, 0.6) is 0 Å². The molecule has 0 atom stereocenters. The number of hydrogen-bond donors (Lipinski definition) is 2. The van der Waals surface area contributed by atoms with Crippen LogP contribution in [0.15, 0.2) is 18.2 Å². The van der Waals surface area contributed by atoms with Gasteiger partial charge < -0.3 is 10.8 Å². The molecule has 1 aromatic carbocycles. The van der Waals surface area contributed by atoms with E-state index in [2.05, 4.69) is 0 Å². The van der Waals surface area contributed by atoms with E-state index in [1.807, 2.05) is 0 Å². The van der Waals surface area contributed by atoms with Gasteiger partial charge in [0.15, 0.2) is 0 Å². The van der Waals surface area contributed by atoms with Crippen molar-refractivity contribution in [2.45, 2.75) is 0 Å². The topological polar surface area (TPSA) is 111 Å². The summed E-state index contributed by atoms with van der Waals surface area (Å²) < 4.78 is 12.4. The van der Waals surface area contributed by atoms with Gasteiger partial charge in [-0.25, -0.2) is 9.18 Å². The van der Waals surface area contributed by atoms with E-state index in [1.54, 1.807) is 0 Å². The van der Waals surface area contributed by atoms with E-state index in [9.17, 15) is 9.18 Å². The van der Waals surface area contributed by atoms with Crippen molar-refractivity contribution >= 4 is 11.7 Å². The number of carboxylic acid groups (broad SMARTS) is 1. The van der Waals surface area contributed by atoms with Crippen LogP contribution in [0.4, 0.5) is 10.1 Å². The molecule has 0 saturated carbocycles. The van der Waals surface area contributed by atoms with Gasteiger partial charge in [-0.15, -0.1) is 0 Å². The first-order valence-electron chi connectivity index (χ1n) is 3.09. The van der Waals surface area contributed by atoms with Crippen LogP contribution in [0.3, 0.4) is 0 Å². The first-order valence-corrected chi connectivity index (χ1v) is 3.09. The van der Waals surface area contributed by atoms with Crippen LogP contribution in [0.2, 0.25) is 0 Å². The molecule has 0 radical (unpaired) electrons. The van der Waals surface area contributed by atoms with Crippen molar-refractivity contribution in [2.75, 3.05) is 5.73 Å². The van der Waals surface area contributed by atoms with Gasteiger partial charge in [0.1, 0.15) is 5.82 Å². The van der Waals surface area contributed by atoms with E-state index in [0.29, 0.717) is 0 Å². The molecule has 6 heteroatoms. The van der Waals surface area contributed by atoms with Crippen molar-refractivity contribution in [3.63, 3.8) is 0 Å². The Kier molecular flexibility index (Phi) is 3.89. The van der Waals surface area contributed by atoms with Crippen molar-refractivity contribution in [1.29, 1.82) is 10.8 Å². The van der Waals surface area contributed by atoms with Gasteiger partial charge >= 0.3 is 5.97 Å². The largest absolute Gasteiger partial charge is 0.478 e. The standard InChI is InChI=1S/C7H6FNO2.N2/c8-4-1-2-6(9)5(3-4)7(10)11;1-2/h1-3H,9H2,(H,10,11);. The molecule has 0 fully saturated rings. The monoisotopic (exact) mass is 183 g/mol. The second-order valence-electron chi connectivity index (χ2n) is 2.04. The third kappa shape index (κ3) is 2.75. The zero-order valence-electron chi connectivity index (χ0n) is 6.44. The highest BCUT2D eigenvalue weighted by molar-refractivity contribution is 5.93. The molecule has 1 rings (SSSR count). The summed E-state index contributed by atoms with van der Waals surface area (Å²) in [4.78, 5) is 10.3. The normalized spacial score (nSPS) is 8.23. The average molecular weight is 183 g/mol. The molecular formula is C7H6FN3O2. The highest BCUT2D eigenvalue weighted by Gasteiger charge is 2.07. The minimum absolute atomic E-state index is 0.0684. The predicted octanol–water partition coefficient (Wildman–Crippen LogP) is 1.14. The second-order valence-corrected chi connectivity index (χ2v) is 2.04. The molecular weight excluding hydrogens is 177 g/mol. The third-order valence-corrected chi connectivity index (χ3v) is 1.25. The number of aromatic carboxylic acids is 1. The lowest BCUT2D eigenvalue weighted by Crippen LogP contribution is -2.02. The minimum Gasteiger partial charge on any atom is -0.478 e. The van der Waals surface area contributed by atoms with E-state index in [0.717, 1.165) is 12.1 Å². The Morgan fingerprint density at radius 3 is 2.38 bits per heavy atom. The van der Waals surface area contributed by atoms with Gasteiger partial charge in [0, 0.05) is 16.5 Å². The first-order chi connectivity index (χ1) is 6.11. The Morgan fingerprint density at radius 2 is 2.00 bits per heavy atom. The van der Waals surface area contributed by atoms with Crippen molar-refractivity contribution in [3.8, 4) is 0 Å². The predicted molar refractivity (Wildman–Crippen MR) is 41.2 cm³/mol. The van der Waals surface area contributed by atoms with E-state index in [1.165, 1.54) is 6.07 Å². The Morgan fingerprint density at radius 1 is 1.46 bits per heavy atom. The number of hydrogen-bond acceptors (Lipinski definition) is 4. The van der Waals surface area contributed by atoms with Crippen LogP contribution in [-0.4, -0.2) is 11.1 Å². The number of carbonyl (C=O) groups is 1. The summed E-state index contributed by atoms with van der Waals surface area (Å²) in [5, 5.41) is 20.4. The summed E-state index contributed by atoms with van der Waals surface area (Å²) in [5.74, 6) is -1.82. The van der Waals surface area contributed by atoms with Crippen LogP contribution in [-0.2, 0) is 0 Å². The van der Waals surface area contributed by atoms with Gasteiger partial charge in [-0.05, 0) is 18.2 Å². The fraction of sp³-hybridized carbons (Fsp3) is 0. The summed E-state index contributed by atoms with van der Waals surface area (Å²) >= 11 is 0. The van der Waals surface area contributed by atoms with Crippen molar-refractivity contribution in [2.24, 2.45) is 0 Å². The van der Waals surface area contributed by atoms with Crippen molar-refractivity contribution in [1.82, 2.24) is 0 Å². The van der Waals surface area contributed by atoms with Crippen LogP contribution >= 0.6 is 0 Å². The van der Waals surface area contributed by atoms with Gasteiger partial charge in [0.2, 0.25) is 0 Å². The maximum Gasteiger partial charge on any atom is 0.337 e. The number of nitrogens with two attached hydrogens (primary N) is 1. The average Bonchev–Trinajstić information content (AvgIpc) is 2.12. The van der Waals surface area contributed by atoms with E-state index < -0.39 is 11.8 Å². The zero-order valence-corrected chi connectivity index (χ0v) is 6.44. The quantitative estimate of drug-likeness (QED) is 0.500. The lowest BCUT2D eigenvalue weighted by atomic mass is 10.2. The molecule has 68 valence electrons. The van der Waals surface area contributed by atoms with Gasteiger partial charge in [0.25, 0.3) is 0 Å². The Labute approximate surface area is 73.0 Å². The van der Waals surface area contributed by atoms with Crippen molar-refractivity contribution in [3.05, 3.63) is 29.6 Å². The molecule has 0 bridgehead atoms. The molecule has 5 nitrogen and oxygen atoms in total. The summed E-state index contributed by atoms with van der Waals surface area (Å²) in [6.07, 6.45) is 0. The number of carboxylic acids is 1. The summed E-state index contributed by atoms with van der Waals surface area (Å²) in [7, 11) is 0. The van der Waals surface area contributed by atoms with Gasteiger partial charge in [-0.2, -0.15) is 0 Å². The number of benzene rings is 1.